The molecule has 3 aromatic rings. The van der Waals surface area contributed by atoms with Gasteiger partial charge in [-0.25, -0.2) is 4.57 Å². The van der Waals surface area contributed by atoms with Crippen LogP contribution in [0.3, 0.4) is 0 Å². The number of hydrogen-bond donors (Lipinski definition) is 0. The summed E-state index contributed by atoms with van der Waals surface area (Å²) in [5, 5.41) is 0. The van der Waals surface area contributed by atoms with Gasteiger partial charge in [0.1, 0.15) is 11.5 Å². The van der Waals surface area contributed by atoms with E-state index in [-0.39, 0.29) is 58.8 Å². The molecule has 0 saturated carbocycles. The number of aryl methyl sites for hydroxylation is 2. The van der Waals surface area contributed by atoms with Gasteiger partial charge in [0.25, 0.3) is 0 Å². The molecule has 144 valence electrons. The second kappa shape index (κ2) is 10.2. The second-order valence-corrected chi connectivity index (χ2v) is 7.74. The van der Waals surface area contributed by atoms with Crippen molar-refractivity contribution in [1.82, 2.24) is 0 Å². The van der Waals surface area contributed by atoms with Gasteiger partial charge in [-0.05, 0) is 48.7 Å². The van der Waals surface area contributed by atoms with E-state index >= 15 is 0 Å². The summed E-state index contributed by atoms with van der Waals surface area (Å²) >= 11 is 0. The molecule has 0 aromatic heterocycles. The summed E-state index contributed by atoms with van der Waals surface area (Å²) in [6, 6.07) is 20.7. The molecule has 0 aliphatic carbocycles. The molecule has 7 heteroatoms. The maximum Gasteiger partial charge on any atom is 1.00 e. The molecular weight excluding hydrogens is 398 g/mol. The molecule has 0 heterocycles. The van der Waals surface area contributed by atoms with Gasteiger partial charge in [0, 0.05) is 6.42 Å². The average Bonchev–Trinajstić information content (AvgIpc) is 2.62. The minimum absolute atomic E-state index is 0. The van der Waals surface area contributed by atoms with Crippen molar-refractivity contribution in [1.29, 1.82) is 0 Å². The second-order valence-electron chi connectivity index (χ2n) is 6.48. The van der Waals surface area contributed by atoms with Crippen molar-refractivity contribution in [3.05, 3.63) is 95.1 Å². The third-order valence-corrected chi connectivity index (χ3v) is 4.96. The summed E-state index contributed by atoms with van der Waals surface area (Å²) < 4.78 is 22.6. The van der Waals surface area contributed by atoms with Gasteiger partial charge in [-0.15, -0.1) is 0 Å². The maximum absolute atomic E-state index is 12.9. The number of phosphoric acid groups is 1. The Morgan fingerprint density at radius 3 is 2.14 bits per heavy atom. The molecule has 1 atom stereocenters. The number of ketones is 1. The van der Waals surface area contributed by atoms with Crippen LogP contribution < -0.4 is 43.5 Å². The van der Waals surface area contributed by atoms with Crippen LogP contribution in [0.5, 0.6) is 11.5 Å². The smallest absolute Gasteiger partial charge is 0.736 e. The van der Waals surface area contributed by atoms with Crippen molar-refractivity contribution >= 4 is 13.6 Å². The van der Waals surface area contributed by atoms with Crippen molar-refractivity contribution in [2.45, 2.75) is 20.3 Å². The molecule has 5 nitrogen and oxygen atoms in total. The topological polar surface area (TPSA) is 75.7 Å². The van der Waals surface area contributed by atoms with E-state index in [9.17, 15) is 14.3 Å². The number of carbonyl (C=O) groups excluding carboxylic acids is 1. The Morgan fingerprint density at radius 2 is 1.52 bits per heavy atom. The van der Waals surface area contributed by atoms with E-state index in [1.165, 1.54) is 18.2 Å². The zero-order valence-electron chi connectivity index (χ0n) is 16.6. The van der Waals surface area contributed by atoms with E-state index in [1.807, 2.05) is 36.4 Å². The first-order chi connectivity index (χ1) is 13.3. The summed E-state index contributed by atoms with van der Waals surface area (Å²) in [7, 11) is -4.73. The molecular formula is C22H20NaO5P. The quantitative estimate of drug-likeness (QED) is 0.332. The molecule has 0 radical (unpaired) electrons. The zero-order chi connectivity index (χ0) is 20.1. The van der Waals surface area contributed by atoms with Crippen molar-refractivity contribution in [3.8, 4) is 11.5 Å². The first kappa shape index (κ1) is 23.4. The molecule has 3 rings (SSSR count). The normalized spacial score (nSPS) is 12.4. The SMILES string of the molecule is Cc1cc(C)c(C(=O)Cc2ccccc2)c(OP(=O)([O-])Oc2ccccc2)c1.[Na+]. The molecule has 0 aliphatic rings. The molecule has 0 fully saturated rings. The van der Waals surface area contributed by atoms with E-state index in [2.05, 4.69) is 0 Å². The Balaban J connectivity index is 0.00000300. The molecule has 0 N–H and O–H groups in total. The molecule has 0 saturated heterocycles. The molecule has 0 amide bonds. The summed E-state index contributed by atoms with van der Waals surface area (Å²) in [4.78, 5) is 25.3. The van der Waals surface area contributed by atoms with Crippen LogP contribution >= 0.6 is 7.82 Å². The number of para-hydroxylation sites is 1. The maximum atomic E-state index is 12.9. The first-order valence-corrected chi connectivity index (χ1v) is 10.2. The number of benzene rings is 3. The molecule has 1 unspecified atom stereocenters. The predicted molar refractivity (Wildman–Crippen MR) is 106 cm³/mol. The number of phosphoric ester groups is 1. The van der Waals surface area contributed by atoms with Gasteiger partial charge >= 0.3 is 37.4 Å². The number of Topliss-reactive ketones (excluding diaryl/α,β-unsaturated/α-hetero) is 1. The van der Waals surface area contributed by atoms with Gasteiger partial charge in [0.05, 0.1) is 5.56 Å². The summed E-state index contributed by atoms with van der Waals surface area (Å²) in [6.07, 6.45) is 0.143. The third kappa shape index (κ3) is 6.56. The van der Waals surface area contributed by atoms with Crippen LogP contribution in [0.4, 0.5) is 0 Å². The first-order valence-electron chi connectivity index (χ1n) is 8.78. The summed E-state index contributed by atoms with van der Waals surface area (Å²) in [5.41, 5.74) is 2.51. The summed E-state index contributed by atoms with van der Waals surface area (Å²) in [5.74, 6) is -0.103. The van der Waals surface area contributed by atoms with Gasteiger partial charge in [-0.2, -0.15) is 0 Å². The van der Waals surface area contributed by atoms with Gasteiger partial charge in [-0.3, -0.25) is 4.79 Å². The van der Waals surface area contributed by atoms with Crippen molar-refractivity contribution in [3.63, 3.8) is 0 Å². The zero-order valence-corrected chi connectivity index (χ0v) is 19.5. The van der Waals surface area contributed by atoms with Gasteiger partial charge in [0.2, 0.25) is 0 Å². The number of rotatable bonds is 7. The standard InChI is InChI=1S/C22H21O5P.Na/c1-16-13-17(2)22(20(23)15-18-9-5-3-6-10-18)21(14-16)27-28(24,25)26-19-11-7-4-8-12-19;/h3-14H,15H2,1-2H3,(H,24,25);/q;+1/p-1. The van der Waals surface area contributed by atoms with Crippen LogP contribution in [0, 0.1) is 13.8 Å². The van der Waals surface area contributed by atoms with Crippen LogP contribution in [0.2, 0.25) is 0 Å². The Morgan fingerprint density at radius 1 is 0.931 bits per heavy atom. The van der Waals surface area contributed by atoms with E-state index in [0.717, 1.165) is 11.1 Å². The van der Waals surface area contributed by atoms with E-state index < -0.39 is 7.82 Å². The fourth-order valence-corrected chi connectivity index (χ4v) is 3.78. The number of carbonyl (C=O) groups is 1. The van der Waals surface area contributed by atoms with E-state index in [4.69, 9.17) is 9.05 Å². The number of hydrogen-bond acceptors (Lipinski definition) is 5. The van der Waals surface area contributed by atoms with Crippen molar-refractivity contribution in [2.75, 3.05) is 0 Å². The minimum atomic E-state index is -4.73. The van der Waals surface area contributed by atoms with Crippen LogP contribution in [-0.4, -0.2) is 5.78 Å². The van der Waals surface area contributed by atoms with Gasteiger partial charge in [0.15, 0.2) is 5.78 Å². The third-order valence-electron chi connectivity index (χ3n) is 4.10. The fourth-order valence-electron chi connectivity index (χ4n) is 2.98. The van der Waals surface area contributed by atoms with Crippen LogP contribution in [-0.2, 0) is 11.0 Å². The Kier molecular flexibility index (Phi) is 8.26. The molecule has 29 heavy (non-hydrogen) atoms. The van der Waals surface area contributed by atoms with Gasteiger partial charge < -0.3 is 13.9 Å². The van der Waals surface area contributed by atoms with Crippen molar-refractivity contribution < 1.29 is 52.9 Å². The van der Waals surface area contributed by atoms with Crippen LogP contribution in [0.25, 0.3) is 0 Å². The minimum Gasteiger partial charge on any atom is -0.736 e. The van der Waals surface area contributed by atoms with Gasteiger partial charge in [-0.1, -0.05) is 54.6 Å². The monoisotopic (exact) mass is 418 g/mol. The largest absolute Gasteiger partial charge is 1.00 e. The van der Waals surface area contributed by atoms with E-state index in [0.29, 0.717) is 5.56 Å². The average molecular weight is 418 g/mol. The van der Waals surface area contributed by atoms with Crippen LogP contribution in [0.15, 0.2) is 72.8 Å². The molecule has 3 aromatic carbocycles. The Bertz CT molecular complexity index is 1020. The fraction of sp³-hybridized carbons (Fsp3) is 0.136. The molecule has 0 bridgehead atoms. The summed E-state index contributed by atoms with van der Waals surface area (Å²) in [6.45, 7) is 3.56. The Labute approximate surface area is 192 Å². The molecule has 0 spiro atoms. The Hall–Kier alpha value is -1.88. The molecule has 0 aliphatic heterocycles. The van der Waals surface area contributed by atoms with Crippen LogP contribution in [0.1, 0.15) is 27.0 Å². The van der Waals surface area contributed by atoms with E-state index in [1.54, 1.807) is 32.0 Å². The predicted octanol–water partition coefficient (Wildman–Crippen LogP) is 1.66. The van der Waals surface area contributed by atoms with Crippen molar-refractivity contribution in [2.24, 2.45) is 0 Å².